The Labute approximate surface area is 97.1 Å². The van der Waals surface area contributed by atoms with Crippen LogP contribution in [0.2, 0.25) is 0 Å². The van der Waals surface area contributed by atoms with Gasteiger partial charge in [-0.1, -0.05) is 6.92 Å². The van der Waals surface area contributed by atoms with Crippen molar-refractivity contribution >= 4 is 5.70 Å². The van der Waals surface area contributed by atoms with E-state index >= 15 is 0 Å². The minimum atomic E-state index is -1.67. The lowest BCUT2D eigenvalue weighted by Gasteiger charge is -2.15. The lowest BCUT2D eigenvalue weighted by Crippen LogP contribution is -2.20. The number of rotatable bonds is 2. The zero-order valence-corrected chi connectivity index (χ0v) is 9.31. The number of allylic oxidation sites excluding steroid dienone is 4. The van der Waals surface area contributed by atoms with Gasteiger partial charge in [0, 0.05) is 12.3 Å². The molecule has 2 rings (SSSR count). The molecule has 0 saturated heterocycles. The number of hydrogen-bond acceptors (Lipinski definition) is 2. The third kappa shape index (κ3) is 2.33. The van der Waals surface area contributed by atoms with Crippen molar-refractivity contribution in [3.05, 3.63) is 46.4 Å². The van der Waals surface area contributed by atoms with Crippen LogP contribution in [0.5, 0.6) is 0 Å². The molecule has 1 aromatic heterocycles. The van der Waals surface area contributed by atoms with Crippen LogP contribution in [0.15, 0.2) is 35.3 Å². The summed E-state index contributed by atoms with van der Waals surface area (Å²) in [5.74, 6) is 0. The molecule has 0 spiro atoms. The zero-order chi connectivity index (χ0) is 12.4. The maximum atomic E-state index is 13.2. The van der Waals surface area contributed by atoms with Gasteiger partial charge in [0.25, 0.3) is 0 Å². The Balaban J connectivity index is 2.39. The third-order valence-electron chi connectivity index (χ3n) is 2.56. The third-order valence-corrected chi connectivity index (χ3v) is 2.56. The van der Waals surface area contributed by atoms with Crippen molar-refractivity contribution in [3.8, 4) is 0 Å². The first kappa shape index (κ1) is 11.7. The van der Waals surface area contributed by atoms with Crippen LogP contribution in [-0.4, -0.2) is 22.1 Å². The van der Waals surface area contributed by atoms with E-state index < -0.39 is 12.3 Å². The van der Waals surface area contributed by atoms with Gasteiger partial charge in [0.2, 0.25) is 5.43 Å². The highest BCUT2D eigenvalue weighted by Gasteiger charge is 2.20. The fraction of sp³-hybridized carbons (Fsp3) is 0.333. The van der Waals surface area contributed by atoms with Gasteiger partial charge in [-0.25, -0.2) is 13.5 Å². The molecule has 2 atom stereocenters. The van der Waals surface area contributed by atoms with E-state index in [0.29, 0.717) is 17.8 Å². The number of halogens is 2. The Hall–Kier alpha value is -1.78. The van der Waals surface area contributed by atoms with E-state index in [4.69, 9.17) is 0 Å². The van der Waals surface area contributed by atoms with Crippen LogP contribution in [0.25, 0.3) is 5.70 Å². The van der Waals surface area contributed by atoms with E-state index in [0.717, 1.165) is 12.2 Å². The first-order valence-corrected chi connectivity index (χ1v) is 5.39. The molecule has 2 unspecified atom stereocenters. The van der Waals surface area contributed by atoms with Crippen molar-refractivity contribution in [2.75, 3.05) is 0 Å². The molecule has 1 aliphatic rings. The summed E-state index contributed by atoms with van der Waals surface area (Å²) in [4.78, 5) is 11.4. The van der Waals surface area contributed by atoms with E-state index in [1.807, 2.05) is 6.92 Å². The molecule has 0 bridgehead atoms. The number of nitrogens with zero attached hydrogens (tertiary/aromatic N) is 2. The molecule has 0 fully saturated rings. The summed E-state index contributed by atoms with van der Waals surface area (Å²) < 4.78 is 27.4. The molecule has 0 radical (unpaired) electrons. The molecule has 1 aliphatic carbocycles. The zero-order valence-electron chi connectivity index (χ0n) is 9.31. The minimum absolute atomic E-state index is 0.149. The second-order valence-electron chi connectivity index (χ2n) is 3.76. The molecule has 1 heterocycles. The number of alkyl halides is 2. The van der Waals surface area contributed by atoms with Crippen molar-refractivity contribution in [2.45, 2.75) is 25.7 Å². The van der Waals surface area contributed by atoms with Gasteiger partial charge in [0.15, 0.2) is 12.3 Å². The molecule has 0 aliphatic heterocycles. The Morgan fingerprint density at radius 3 is 2.82 bits per heavy atom. The fourth-order valence-corrected chi connectivity index (χ4v) is 1.60. The molecular formula is C12H12F2N2O. The Morgan fingerprint density at radius 2 is 2.18 bits per heavy atom. The van der Waals surface area contributed by atoms with Crippen LogP contribution in [0.1, 0.15) is 12.6 Å². The van der Waals surface area contributed by atoms with Gasteiger partial charge in [0.1, 0.15) is 5.69 Å². The first-order chi connectivity index (χ1) is 8.11. The van der Waals surface area contributed by atoms with Crippen molar-refractivity contribution in [1.82, 2.24) is 9.78 Å². The quantitative estimate of drug-likeness (QED) is 0.788. The van der Waals surface area contributed by atoms with E-state index in [9.17, 15) is 13.6 Å². The molecule has 0 N–H and O–H groups in total. The van der Waals surface area contributed by atoms with Gasteiger partial charge in [-0.3, -0.25) is 4.79 Å². The molecular weight excluding hydrogens is 226 g/mol. The van der Waals surface area contributed by atoms with Gasteiger partial charge in [-0.2, -0.15) is 5.10 Å². The highest BCUT2D eigenvalue weighted by atomic mass is 19.2. The van der Waals surface area contributed by atoms with E-state index in [1.165, 1.54) is 23.0 Å². The van der Waals surface area contributed by atoms with Crippen LogP contribution in [0.3, 0.4) is 0 Å². The highest BCUT2D eigenvalue weighted by Crippen LogP contribution is 2.19. The standard InChI is InChI=1S/C12H12F2N2O/c1-2-11-12(17)5-6-16(15-11)8-3-4-9(13)10(14)7-8/h3-7,9-10H,2H2,1H3. The average molecular weight is 238 g/mol. The van der Waals surface area contributed by atoms with E-state index in [1.54, 1.807) is 0 Å². The second kappa shape index (κ2) is 4.61. The van der Waals surface area contributed by atoms with Gasteiger partial charge in [-0.05, 0) is 24.6 Å². The summed E-state index contributed by atoms with van der Waals surface area (Å²) in [6.07, 6.45) is 2.43. The first-order valence-electron chi connectivity index (χ1n) is 5.39. The molecule has 0 aromatic carbocycles. The van der Waals surface area contributed by atoms with Gasteiger partial charge in [0.05, 0.1) is 5.70 Å². The van der Waals surface area contributed by atoms with Gasteiger partial charge in [-0.15, -0.1) is 0 Å². The number of aromatic nitrogens is 2. The molecule has 0 saturated carbocycles. The number of hydrogen-bond donors (Lipinski definition) is 0. The van der Waals surface area contributed by atoms with Crippen molar-refractivity contribution < 1.29 is 8.78 Å². The van der Waals surface area contributed by atoms with Crippen LogP contribution < -0.4 is 5.43 Å². The number of aryl methyl sites for hydroxylation is 1. The van der Waals surface area contributed by atoms with Crippen molar-refractivity contribution in [2.24, 2.45) is 0 Å². The van der Waals surface area contributed by atoms with E-state index in [-0.39, 0.29) is 5.43 Å². The second-order valence-corrected chi connectivity index (χ2v) is 3.76. The van der Waals surface area contributed by atoms with E-state index in [2.05, 4.69) is 5.10 Å². The highest BCUT2D eigenvalue weighted by molar-refractivity contribution is 5.59. The summed E-state index contributed by atoms with van der Waals surface area (Å²) >= 11 is 0. The summed E-state index contributed by atoms with van der Waals surface area (Å²) in [5.41, 5.74) is 0.685. The summed E-state index contributed by atoms with van der Waals surface area (Å²) in [5, 5.41) is 4.07. The van der Waals surface area contributed by atoms with Crippen LogP contribution in [-0.2, 0) is 6.42 Å². The predicted octanol–water partition coefficient (Wildman–Crippen LogP) is 1.89. The Morgan fingerprint density at radius 1 is 1.41 bits per heavy atom. The normalized spacial score (nSPS) is 23.6. The SMILES string of the molecule is CCc1nn(C2=CC(F)C(F)C=C2)ccc1=O. The Bertz CT molecular complexity index is 534. The molecule has 3 nitrogen and oxygen atoms in total. The summed E-state index contributed by atoms with van der Waals surface area (Å²) in [6, 6.07) is 1.37. The van der Waals surface area contributed by atoms with Crippen LogP contribution >= 0.6 is 0 Å². The summed E-state index contributed by atoms with van der Waals surface area (Å²) in [7, 11) is 0. The van der Waals surface area contributed by atoms with Gasteiger partial charge >= 0.3 is 0 Å². The fourth-order valence-electron chi connectivity index (χ4n) is 1.60. The maximum absolute atomic E-state index is 13.2. The van der Waals surface area contributed by atoms with Crippen molar-refractivity contribution in [1.29, 1.82) is 0 Å². The molecule has 0 amide bonds. The lowest BCUT2D eigenvalue weighted by molar-refractivity contribution is 0.245. The average Bonchev–Trinajstić information content (AvgIpc) is 2.33. The van der Waals surface area contributed by atoms with Crippen molar-refractivity contribution in [3.63, 3.8) is 0 Å². The van der Waals surface area contributed by atoms with Crippen LogP contribution in [0.4, 0.5) is 8.78 Å². The minimum Gasteiger partial charge on any atom is -0.288 e. The smallest absolute Gasteiger partial charge is 0.203 e. The van der Waals surface area contributed by atoms with Crippen LogP contribution in [0, 0.1) is 0 Å². The van der Waals surface area contributed by atoms with Gasteiger partial charge < -0.3 is 0 Å². The molecule has 5 heteroatoms. The molecule has 1 aromatic rings. The lowest BCUT2D eigenvalue weighted by atomic mass is 10.1. The topological polar surface area (TPSA) is 34.9 Å². The largest absolute Gasteiger partial charge is 0.288 e. The predicted molar refractivity (Wildman–Crippen MR) is 61.1 cm³/mol. The Kier molecular flexibility index (Phi) is 3.17. The molecule has 90 valence electrons. The maximum Gasteiger partial charge on any atom is 0.203 e. The monoisotopic (exact) mass is 238 g/mol. The molecule has 17 heavy (non-hydrogen) atoms. The summed E-state index contributed by atoms with van der Waals surface area (Å²) in [6.45, 7) is 1.81.